The largest absolute Gasteiger partial charge is 0.478 e. The van der Waals surface area contributed by atoms with Crippen molar-refractivity contribution in [3.05, 3.63) is 87.9 Å². The Morgan fingerprint density at radius 3 is 2.53 bits per heavy atom. The number of nitrogens with zero attached hydrogens (tertiary/aromatic N) is 3. The van der Waals surface area contributed by atoms with E-state index in [0.29, 0.717) is 29.7 Å². The van der Waals surface area contributed by atoms with Crippen LogP contribution in [0.5, 0.6) is 0 Å². The number of aromatic carboxylic acids is 1. The molecule has 38 heavy (non-hydrogen) atoms. The normalized spacial score (nSPS) is 15.8. The minimum absolute atomic E-state index is 0.00188. The number of carboxylic acids is 1. The molecule has 11 heteroatoms. The summed E-state index contributed by atoms with van der Waals surface area (Å²) in [6.07, 6.45) is 1.90. The number of aromatic nitrogens is 3. The Morgan fingerprint density at radius 1 is 1.11 bits per heavy atom. The van der Waals surface area contributed by atoms with E-state index in [0.717, 1.165) is 24.5 Å². The van der Waals surface area contributed by atoms with Gasteiger partial charge in [-0.3, -0.25) is 14.7 Å². The molecule has 9 nitrogen and oxygen atoms in total. The van der Waals surface area contributed by atoms with Crippen LogP contribution >= 0.6 is 0 Å². The lowest BCUT2D eigenvalue weighted by Crippen LogP contribution is -2.39. The maximum absolute atomic E-state index is 14.2. The standard InChI is InChI=1S/C27H23F2N5O4/c1-33(27(9-10-27)15-4-2-14(3-5-15)26(37)38)25(36)23-17-13-34(11-8-20(17)31-32-23)24(35)21-12-16-19(30-21)7-6-18(28)22(16)29/h2-7,12,30H,8-11,13H2,1H3,(H,31,32)(H,37,38). The van der Waals surface area contributed by atoms with E-state index in [-0.39, 0.29) is 34.8 Å². The summed E-state index contributed by atoms with van der Waals surface area (Å²) in [5.41, 5.74) is 2.54. The van der Waals surface area contributed by atoms with Gasteiger partial charge in [0.05, 0.1) is 23.3 Å². The van der Waals surface area contributed by atoms with Crippen molar-refractivity contribution in [2.24, 2.45) is 0 Å². The number of nitrogens with one attached hydrogen (secondary N) is 2. The first-order chi connectivity index (χ1) is 18.2. The first kappa shape index (κ1) is 23.8. The van der Waals surface area contributed by atoms with Crippen LogP contribution < -0.4 is 0 Å². The molecule has 1 saturated carbocycles. The molecule has 1 aliphatic carbocycles. The molecule has 0 spiro atoms. The van der Waals surface area contributed by atoms with Crippen LogP contribution in [0.3, 0.4) is 0 Å². The molecule has 1 fully saturated rings. The zero-order chi connectivity index (χ0) is 26.8. The lowest BCUT2D eigenvalue weighted by atomic mass is 10.00. The Bertz CT molecular complexity index is 1620. The number of rotatable bonds is 5. The van der Waals surface area contributed by atoms with Crippen LogP contribution in [0.25, 0.3) is 10.9 Å². The van der Waals surface area contributed by atoms with Gasteiger partial charge in [-0.15, -0.1) is 0 Å². The Kier molecular flexibility index (Phi) is 5.33. The average molecular weight is 520 g/mol. The van der Waals surface area contributed by atoms with E-state index in [4.69, 9.17) is 0 Å². The molecule has 0 radical (unpaired) electrons. The Hall–Kier alpha value is -4.54. The van der Waals surface area contributed by atoms with Crippen LogP contribution in [0.15, 0.2) is 42.5 Å². The van der Waals surface area contributed by atoms with Gasteiger partial charge in [0, 0.05) is 36.5 Å². The average Bonchev–Trinajstić information content (AvgIpc) is 3.44. The summed E-state index contributed by atoms with van der Waals surface area (Å²) in [6.45, 7) is 0.484. The minimum atomic E-state index is -1.02. The first-order valence-corrected chi connectivity index (χ1v) is 12.1. The van der Waals surface area contributed by atoms with E-state index in [2.05, 4.69) is 15.2 Å². The molecule has 3 heterocycles. The summed E-state index contributed by atoms with van der Waals surface area (Å²) in [5.74, 6) is -3.70. The van der Waals surface area contributed by atoms with Gasteiger partial charge in [0.15, 0.2) is 11.6 Å². The third kappa shape index (κ3) is 3.65. The van der Waals surface area contributed by atoms with Gasteiger partial charge in [0.2, 0.25) is 0 Å². The lowest BCUT2D eigenvalue weighted by Gasteiger charge is -2.30. The van der Waals surface area contributed by atoms with E-state index in [1.807, 2.05) is 0 Å². The third-order valence-corrected chi connectivity index (χ3v) is 7.68. The van der Waals surface area contributed by atoms with Gasteiger partial charge < -0.3 is 19.9 Å². The monoisotopic (exact) mass is 519 g/mol. The van der Waals surface area contributed by atoms with E-state index >= 15 is 0 Å². The number of amides is 2. The predicted molar refractivity (Wildman–Crippen MR) is 132 cm³/mol. The number of benzene rings is 2. The number of carbonyl (C=O) groups excluding carboxylic acids is 2. The number of carbonyl (C=O) groups is 3. The molecule has 6 rings (SSSR count). The maximum atomic E-state index is 14.2. The van der Waals surface area contributed by atoms with Gasteiger partial charge >= 0.3 is 5.97 Å². The number of hydrogen-bond acceptors (Lipinski definition) is 4. The molecule has 0 saturated heterocycles. The van der Waals surface area contributed by atoms with Crippen molar-refractivity contribution in [3.8, 4) is 0 Å². The molecule has 1 aliphatic heterocycles. The highest BCUT2D eigenvalue weighted by Crippen LogP contribution is 2.51. The molecule has 0 unspecified atom stereocenters. The highest BCUT2D eigenvalue weighted by Gasteiger charge is 2.50. The van der Waals surface area contributed by atoms with E-state index < -0.39 is 29.0 Å². The third-order valence-electron chi connectivity index (χ3n) is 7.68. The second-order valence-corrected chi connectivity index (χ2v) is 9.78. The van der Waals surface area contributed by atoms with Crippen LogP contribution in [0.1, 0.15) is 61.0 Å². The maximum Gasteiger partial charge on any atom is 0.335 e. The molecule has 2 aromatic carbocycles. The fraction of sp³-hybridized carbons (Fsp3) is 0.259. The smallest absolute Gasteiger partial charge is 0.335 e. The van der Waals surface area contributed by atoms with Crippen molar-refractivity contribution in [1.82, 2.24) is 25.0 Å². The first-order valence-electron chi connectivity index (χ1n) is 12.1. The van der Waals surface area contributed by atoms with Gasteiger partial charge in [0.1, 0.15) is 11.4 Å². The summed E-state index contributed by atoms with van der Waals surface area (Å²) in [4.78, 5) is 44.1. The van der Waals surface area contributed by atoms with Crippen molar-refractivity contribution < 1.29 is 28.3 Å². The summed E-state index contributed by atoms with van der Waals surface area (Å²) >= 11 is 0. The van der Waals surface area contributed by atoms with Crippen molar-refractivity contribution in [1.29, 1.82) is 0 Å². The number of fused-ring (bicyclic) bond motifs is 2. The fourth-order valence-electron chi connectivity index (χ4n) is 5.29. The van der Waals surface area contributed by atoms with E-state index in [1.165, 1.54) is 24.3 Å². The van der Waals surface area contributed by atoms with Crippen LogP contribution in [-0.4, -0.2) is 61.5 Å². The van der Waals surface area contributed by atoms with Gasteiger partial charge in [0.25, 0.3) is 11.8 Å². The predicted octanol–water partition coefficient (Wildman–Crippen LogP) is 3.83. The lowest BCUT2D eigenvalue weighted by molar-refractivity contribution is 0.0678. The Labute approximate surface area is 215 Å². The number of H-pyrrole nitrogens is 2. The molecule has 0 bridgehead atoms. The van der Waals surface area contributed by atoms with Crippen LogP contribution in [-0.2, 0) is 18.5 Å². The second-order valence-electron chi connectivity index (χ2n) is 9.78. The molecule has 2 aliphatic rings. The highest BCUT2D eigenvalue weighted by atomic mass is 19.2. The Morgan fingerprint density at radius 2 is 1.84 bits per heavy atom. The van der Waals surface area contributed by atoms with Gasteiger partial charge in [-0.05, 0) is 48.7 Å². The minimum Gasteiger partial charge on any atom is -0.478 e. The molecular formula is C27H23F2N5O4. The van der Waals surface area contributed by atoms with E-state index in [9.17, 15) is 28.3 Å². The summed E-state index contributed by atoms with van der Waals surface area (Å²) in [7, 11) is 1.71. The second kappa shape index (κ2) is 8.51. The topological polar surface area (TPSA) is 122 Å². The van der Waals surface area contributed by atoms with Crippen molar-refractivity contribution in [3.63, 3.8) is 0 Å². The molecule has 4 aromatic rings. The summed E-state index contributed by atoms with van der Waals surface area (Å²) < 4.78 is 27.8. The van der Waals surface area contributed by atoms with Gasteiger partial charge in [-0.2, -0.15) is 5.10 Å². The summed E-state index contributed by atoms with van der Waals surface area (Å²) in [5, 5.41) is 16.3. The number of halogens is 2. The quantitative estimate of drug-likeness (QED) is 0.370. The van der Waals surface area contributed by atoms with E-state index in [1.54, 1.807) is 29.0 Å². The fourth-order valence-corrected chi connectivity index (χ4v) is 5.29. The molecule has 3 N–H and O–H groups in total. The zero-order valence-electron chi connectivity index (χ0n) is 20.3. The zero-order valence-corrected chi connectivity index (χ0v) is 20.3. The van der Waals surface area contributed by atoms with Crippen LogP contribution in [0, 0.1) is 11.6 Å². The summed E-state index contributed by atoms with van der Waals surface area (Å²) in [6, 6.07) is 10.2. The molecular weight excluding hydrogens is 496 g/mol. The molecule has 2 amide bonds. The number of aromatic amines is 2. The number of carboxylic acid groups (broad SMARTS) is 1. The van der Waals surface area contributed by atoms with Crippen molar-refractivity contribution >= 4 is 28.7 Å². The van der Waals surface area contributed by atoms with Gasteiger partial charge in [-0.1, -0.05) is 12.1 Å². The highest BCUT2D eigenvalue weighted by molar-refractivity contribution is 5.99. The van der Waals surface area contributed by atoms with Crippen molar-refractivity contribution in [2.75, 3.05) is 13.6 Å². The molecule has 0 atom stereocenters. The van der Waals surface area contributed by atoms with Gasteiger partial charge in [-0.25, -0.2) is 13.6 Å². The Balaban J connectivity index is 1.24. The van der Waals surface area contributed by atoms with Crippen molar-refractivity contribution in [2.45, 2.75) is 31.3 Å². The number of hydrogen-bond donors (Lipinski definition) is 3. The SMILES string of the molecule is CN(C(=O)c1[nH]nc2c1CN(C(=O)c1cc3c(F)c(F)ccc3[nH]1)CC2)C1(c2ccc(C(=O)O)cc2)CC1. The molecule has 2 aromatic heterocycles. The molecule has 194 valence electrons. The van der Waals surface area contributed by atoms with Crippen LogP contribution in [0.4, 0.5) is 8.78 Å². The van der Waals surface area contributed by atoms with Crippen LogP contribution in [0.2, 0.25) is 0 Å².